The van der Waals surface area contributed by atoms with Crippen LogP contribution in [-0.4, -0.2) is 26.4 Å². The molecule has 0 unspecified atom stereocenters. The van der Waals surface area contributed by atoms with Gasteiger partial charge in [0, 0.05) is 11.6 Å². The zero-order chi connectivity index (χ0) is 21.1. The number of carbonyl (C=O) groups is 1. The molecule has 0 saturated heterocycles. The molecule has 0 atom stereocenters. The Morgan fingerprint density at radius 2 is 1.87 bits per heavy atom. The van der Waals surface area contributed by atoms with Crippen LogP contribution in [0.2, 0.25) is 0 Å². The molecule has 0 aliphatic heterocycles. The van der Waals surface area contributed by atoms with Crippen molar-refractivity contribution in [3.05, 3.63) is 77.7 Å². The normalized spacial score (nSPS) is 10.9. The Morgan fingerprint density at radius 3 is 2.57 bits per heavy atom. The molecule has 0 saturated carbocycles. The van der Waals surface area contributed by atoms with Crippen LogP contribution in [0.15, 0.2) is 70.5 Å². The Balaban J connectivity index is 1.63. The van der Waals surface area contributed by atoms with Crippen LogP contribution in [0, 0.1) is 20.8 Å². The maximum absolute atomic E-state index is 12.4. The van der Waals surface area contributed by atoms with Gasteiger partial charge >= 0.3 is 0 Å². The number of benzene rings is 2. The second-order valence-corrected chi connectivity index (χ2v) is 8.02. The van der Waals surface area contributed by atoms with Crippen molar-refractivity contribution in [2.45, 2.75) is 25.9 Å². The number of para-hydroxylation sites is 1. The average Bonchev–Trinajstić information content (AvgIpc) is 3.33. The van der Waals surface area contributed by atoms with Gasteiger partial charge < -0.3 is 9.84 Å². The van der Waals surface area contributed by atoms with Crippen LogP contribution in [0.3, 0.4) is 0 Å². The van der Waals surface area contributed by atoms with Gasteiger partial charge in [0.05, 0.1) is 23.3 Å². The summed E-state index contributed by atoms with van der Waals surface area (Å²) in [6.45, 7) is 5.92. The van der Waals surface area contributed by atoms with E-state index in [4.69, 9.17) is 4.52 Å². The molecule has 0 aliphatic rings. The lowest BCUT2D eigenvalue weighted by molar-refractivity contribution is -0.113. The quantitative estimate of drug-likeness (QED) is 0.437. The van der Waals surface area contributed by atoms with E-state index in [1.807, 2.05) is 18.3 Å². The fraction of sp³-hybridized carbons (Fsp3) is 0.174. The molecule has 152 valence electrons. The lowest BCUT2D eigenvalue weighted by Gasteiger charge is -2.14. The van der Waals surface area contributed by atoms with Crippen molar-refractivity contribution in [2.75, 3.05) is 11.1 Å². The predicted molar refractivity (Wildman–Crippen MR) is 119 cm³/mol. The van der Waals surface area contributed by atoms with E-state index in [9.17, 15) is 4.79 Å². The molecule has 1 N–H and O–H groups in total. The average molecular weight is 419 g/mol. The first-order valence-corrected chi connectivity index (χ1v) is 10.6. The summed E-state index contributed by atoms with van der Waals surface area (Å²) < 4.78 is 7.10. The van der Waals surface area contributed by atoms with Crippen LogP contribution in [0.1, 0.15) is 16.9 Å². The molecule has 30 heavy (non-hydrogen) atoms. The number of hydrogen-bond donors (Lipinski definition) is 1. The lowest BCUT2D eigenvalue weighted by Crippen LogP contribution is -2.14. The number of amides is 1. The minimum atomic E-state index is -0.162. The summed E-state index contributed by atoms with van der Waals surface area (Å²) in [5.41, 5.74) is 5.44. The predicted octanol–water partition coefficient (Wildman–Crippen LogP) is 5.18. The lowest BCUT2D eigenvalue weighted by atomic mass is 10.1. The van der Waals surface area contributed by atoms with Crippen molar-refractivity contribution in [1.29, 1.82) is 0 Å². The first-order chi connectivity index (χ1) is 14.5. The number of anilines is 1. The number of hydrogen-bond acceptors (Lipinski definition) is 5. The number of thioether (sulfide) groups is 1. The van der Waals surface area contributed by atoms with Crippen LogP contribution in [0.25, 0.3) is 16.9 Å². The van der Waals surface area contributed by atoms with Gasteiger partial charge in [-0.3, -0.25) is 9.36 Å². The van der Waals surface area contributed by atoms with E-state index >= 15 is 0 Å². The Kier molecular flexibility index (Phi) is 5.72. The summed E-state index contributed by atoms with van der Waals surface area (Å²) in [6.07, 6.45) is 1.86. The number of nitrogens with one attached hydrogen (secondary N) is 1. The molecule has 2 aromatic heterocycles. The van der Waals surface area contributed by atoms with Gasteiger partial charge in [0.2, 0.25) is 5.91 Å². The summed E-state index contributed by atoms with van der Waals surface area (Å²) in [7, 11) is 0. The van der Waals surface area contributed by atoms with E-state index in [-0.39, 0.29) is 11.7 Å². The first-order valence-electron chi connectivity index (χ1n) is 9.58. The molecular formula is C23H22N4O2S. The Labute approximate surface area is 179 Å². The minimum Gasteiger partial charge on any atom is -0.360 e. The first kappa shape index (κ1) is 20.0. The van der Waals surface area contributed by atoms with E-state index in [0.29, 0.717) is 11.6 Å². The van der Waals surface area contributed by atoms with Crippen molar-refractivity contribution >= 4 is 23.5 Å². The second kappa shape index (κ2) is 8.59. The van der Waals surface area contributed by atoms with E-state index in [1.54, 1.807) is 13.0 Å². The summed E-state index contributed by atoms with van der Waals surface area (Å²) in [5, 5.41) is 7.30. The van der Waals surface area contributed by atoms with Crippen molar-refractivity contribution in [1.82, 2.24) is 14.7 Å². The molecule has 4 aromatic rings. The maximum atomic E-state index is 12.4. The Morgan fingerprint density at radius 1 is 1.10 bits per heavy atom. The molecule has 0 spiro atoms. The molecule has 6 nitrogen and oxygen atoms in total. The number of imidazole rings is 1. The van der Waals surface area contributed by atoms with Crippen molar-refractivity contribution in [3.63, 3.8) is 0 Å². The monoisotopic (exact) mass is 418 g/mol. The molecule has 4 rings (SSSR count). The smallest absolute Gasteiger partial charge is 0.236 e. The fourth-order valence-corrected chi connectivity index (χ4v) is 3.93. The molecule has 7 heteroatoms. The van der Waals surface area contributed by atoms with Gasteiger partial charge in [0.25, 0.3) is 0 Å². The Bertz CT molecular complexity index is 1180. The highest BCUT2D eigenvalue weighted by Crippen LogP contribution is 2.31. The van der Waals surface area contributed by atoms with Crippen LogP contribution in [-0.2, 0) is 4.79 Å². The third-order valence-electron chi connectivity index (χ3n) is 4.66. The van der Waals surface area contributed by atoms with Crippen LogP contribution >= 0.6 is 11.8 Å². The SMILES string of the molecule is Cc1ccc(-c2cnc(SCC(=O)Nc3cc(C)on3)n2-c2ccccc2C)cc1. The summed E-state index contributed by atoms with van der Waals surface area (Å²) >= 11 is 1.38. The molecule has 0 fully saturated rings. The van der Waals surface area contributed by atoms with Gasteiger partial charge in [-0.2, -0.15) is 0 Å². The number of nitrogens with zero attached hydrogens (tertiary/aromatic N) is 3. The van der Waals surface area contributed by atoms with Crippen LogP contribution in [0.5, 0.6) is 0 Å². The molecular weight excluding hydrogens is 396 g/mol. The van der Waals surface area contributed by atoms with Crippen LogP contribution < -0.4 is 5.32 Å². The zero-order valence-electron chi connectivity index (χ0n) is 17.0. The largest absolute Gasteiger partial charge is 0.360 e. The van der Waals surface area contributed by atoms with Crippen molar-refractivity contribution < 1.29 is 9.32 Å². The van der Waals surface area contributed by atoms with E-state index in [1.165, 1.54) is 17.3 Å². The van der Waals surface area contributed by atoms with Gasteiger partial charge in [0.1, 0.15) is 5.76 Å². The molecule has 2 heterocycles. The molecule has 0 aliphatic carbocycles. The third-order valence-corrected chi connectivity index (χ3v) is 5.61. The van der Waals surface area contributed by atoms with Gasteiger partial charge in [-0.15, -0.1) is 0 Å². The minimum absolute atomic E-state index is 0.162. The van der Waals surface area contributed by atoms with Gasteiger partial charge in [-0.25, -0.2) is 4.98 Å². The van der Waals surface area contributed by atoms with Gasteiger partial charge in [-0.05, 0) is 32.4 Å². The van der Waals surface area contributed by atoms with Crippen molar-refractivity contribution in [2.24, 2.45) is 0 Å². The standard InChI is InChI=1S/C23H22N4O2S/c1-15-8-10-18(11-9-15)20-13-24-23(27(20)19-7-5-4-6-16(19)2)30-14-22(28)25-21-12-17(3)29-26-21/h4-13H,14H2,1-3H3,(H,25,26,28). The van der Waals surface area contributed by atoms with Crippen molar-refractivity contribution in [3.8, 4) is 16.9 Å². The van der Waals surface area contributed by atoms with E-state index in [0.717, 1.165) is 27.7 Å². The van der Waals surface area contributed by atoms with Gasteiger partial charge in [0.15, 0.2) is 11.0 Å². The van der Waals surface area contributed by atoms with Gasteiger partial charge in [-0.1, -0.05) is 64.9 Å². The maximum Gasteiger partial charge on any atom is 0.236 e. The zero-order valence-corrected chi connectivity index (χ0v) is 17.9. The third kappa shape index (κ3) is 4.31. The summed E-state index contributed by atoms with van der Waals surface area (Å²) in [4.78, 5) is 17.0. The topological polar surface area (TPSA) is 73.0 Å². The molecule has 0 bridgehead atoms. The van der Waals surface area contributed by atoms with Crippen LogP contribution in [0.4, 0.5) is 5.82 Å². The molecule has 0 radical (unpaired) electrons. The number of aryl methyl sites for hydroxylation is 3. The second-order valence-electron chi connectivity index (χ2n) is 7.07. The van der Waals surface area contributed by atoms with E-state index < -0.39 is 0 Å². The highest BCUT2D eigenvalue weighted by Gasteiger charge is 2.17. The fourth-order valence-electron chi connectivity index (χ4n) is 3.15. The highest BCUT2D eigenvalue weighted by molar-refractivity contribution is 7.99. The number of rotatable bonds is 6. The van der Waals surface area contributed by atoms with E-state index in [2.05, 4.69) is 70.3 Å². The number of aromatic nitrogens is 3. The Hall–Kier alpha value is -3.32. The molecule has 2 aromatic carbocycles. The number of carbonyl (C=O) groups excluding carboxylic acids is 1. The summed E-state index contributed by atoms with van der Waals surface area (Å²) in [6, 6.07) is 18.2. The summed E-state index contributed by atoms with van der Waals surface area (Å²) in [5.74, 6) is 1.11. The molecule has 1 amide bonds. The highest BCUT2D eigenvalue weighted by atomic mass is 32.2.